The predicted molar refractivity (Wildman–Crippen MR) is 88.6 cm³/mol. The minimum atomic E-state index is -0.176. The number of benzene rings is 1. The van der Waals surface area contributed by atoms with E-state index >= 15 is 0 Å². The van der Waals surface area contributed by atoms with Gasteiger partial charge in [0.2, 0.25) is 0 Å². The van der Waals surface area contributed by atoms with Gasteiger partial charge in [0.15, 0.2) is 0 Å². The molecule has 0 unspecified atom stereocenters. The molecule has 0 fully saturated rings. The third-order valence-corrected chi connectivity index (χ3v) is 3.61. The van der Waals surface area contributed by atoms with E-state index in [9.17, 15) is 4.79 Å². The lowest BCUT2D eigenvalue weighted by Gasteiger charge is -2.07. The Kier molecular flexibility index (Phi) is 4.11. The van der Waals surface area contributed by atoms with Crippen LogP contribution in [0.25, 0.3) is 5.65 Å². The first-order valence-corrected chi connectivity index (χ1v) is 7.59. The number of hydrogen-bond acceptors (Lipinski definition) is 2. The lowest BCUT2D eigenvalue weighted by molar-refractivity contribution is 0.102. The molecule has 0 atom stereocenters. The fraction of sp³-hybridized carbons (Fsp3) is 0.176. The highest BCUT2D eigenvalue weighted by Crippen LogP contribution is 2.19. The number of hydrogen-bond donors (Lipinski definition) is 1. The molecule has 0 bridgehead atoms. The summed E-state index contributed by atoms with van der Waals surface area (Å²) in [5, 5.41) is 3.48. The topological polar surface area (TPSA) is 46.4 Å². The summed E-state index contributed by atoms with van der Waals surface area (Å²) in [6.45, 7) is 2.07. The lowest BCUT2D eigenvalue weighted by Crippen LogP contribution is -2.16. The van der Waals surface area contributed by atoms with E-state index in [1.807, 2.05) is 36.4 Å². The quantitative estimate of drug-likeness (QED) is 0.785. The maximum Gasteiger partial charge on any atom is 0.274 e. The summed E-state index contributed by atoms with van der Waals surface area (Å²) in [5.41, 5.74) is 2.82. The number of nitrogens with zero attached hydrogens (tertiary/aromatic N) is 2. The fourth-order valence-corrected chi connectivity index (χ4v) is 2.59. The average Bonchev–Trinajstić information content (AvgIpc) is 2.86. The van der Waals surface area contributed by atoms with Crippen LogP contribution in [-0.4, -0.2) is 15.3 Å². The van der Waals surface area contributed by atoms with Crippen LogP contribution < -0.4 is 5.32 Å². The molecule has 3 aromatic rings. The average molecular weight is 314 g/mol. The van der Waals surface area contributed by atoms with Gasteiger partial charge in [0.1, 0.15) is 11.3 Å². The number of halogens is 1. The van der Waals surface area contributed by atoms with E-state index in [-0.39, 0.29) is 5.91 Å². The number of anilines is 1. The summed E-state index contributed by atoms with van der Waals surface area (Å²) in [4.78, 5) is 17.2. The molecule has 1 aromatic carbocycles. The molecule has 0 aliphatic rings. The van der Waals surface area contributed by atoms with E-state index in [2.05, 4.69) is 17.2 Å². The maximum absolute atomic E-state index is 12.7. The Bertz CT molecular complexity index is 811. The van der Waals surface area contributed by atoms with Gasteiger partial charge in [-0.1, -0.05) is 43.1 Å². The molecule has 2 aromatic heterocycles. The van der Waals surface area contributed by atoms with Gasteiger partial charge in [-0.15, -0.1) is 0 Å². The largest absolute Gasteiger partial charge is 0.321 e. The van der Waals surface area contributed by atoms with Crippen molar-refractivity contribution in [3.63, 3.8) is 0 Å². The first kappa shape index (κ1) is 14.6. The highest BCUT2D eigenvalue weighted by atomic mass is 35.5. The molecule has 0 spiro atoms. The van der Waals surface area contributed by atoms with Crippen LogP contribution in [0.4, 0.5) is 5.69 Å². The van der Waals surface area contributed by atoms with Crippen molar-refractivity contribution in [3.05, 3.63) is 65.1 Å². The Morgan fingerprint density at radius 3 is 2.73 bits per heavy atom. The zero-order valence-corrected chi connectivity index (χ0v) is 13.0. The van der Waals surface area contributed by atoms with Gasteiger partial charge in [0.25, 0.3) is 5.91 Å². The number of nitrogens with one attached hydrogen (secondary N) is 1. The van der Waals surface area contributed by atoms with E-state index in [0.29, 0.717) is 10.7 Å². The highest BCUT2D eigenvalue weighted by Gasteiger charge is 2.19. The maximum atomic E-state index is 12.7. The Morgan fingerprint density at radius 2 is 2.00 bits per heavy atom. The minimum Gasteiger partial charge on any atom is -0.321 e. The van der Waals surface area contributed by atoms with E-state index in [0.717, 1.165) is 29.9 Å². The van der Waals surface area contributed by atoms with Gasteiger partial charge in [-0.3, -0.25) is 9.20 Å². The number of para-hydroxylation sites is 1. The minimum absolute atomic E-state index is 0.176. The van der Waals surface area contributed by atoms with Crippen molar-refractivity contribution >= 4 is 28.8 Å². The molecule has 112 valence electrons. The molecule has 0 aliphatic heterocycles. The van der Waals surface area contributed by atoms with Gasteiger partial charge in [-0.25, -0.2) is 4.98 Å². The Hall–Kier alpha value is -2.33. The molecule has 0 saturated heterocycles. The van der Waals surface area contributed by atoms with E-state index in [4.69, 9.17) is 11.6 Å². The number of aromatic nitrogens is 2. The van der Waals surface area contributed by atoms with Crippen LogP contribution in [0.3, 0.4) is 0 Å². The molecule has 3 rings (SSSR count). The third kappa shape index (κ3) is 2.83. The molecular formula is C17H16ClN3O. The van der Waals surface area contributed by atoms with E-state index in [1.165, 1.54) is 0 Å². The molecule has 0 radical (unpaired) electrons. The number of carbonyl (C=O) groups is 1. The standard InChI is InChI=1S/C17H16ClN3O/c1-2-6-14-16(17(22)19-13-7-4-3-5-8-13)21-11-12(18)9-10-15(21)20-14/h3-5,7-11H,2,6H2,1H3,(H,19,22). The monoisotopic (exact) mass is 313 g/mol. The van der Waals surface area contributed by atoms with Crippen molar-refractivity contribution in [2.45, 2.75) is 19.8 Å². The Labute approximate surface area is 133 Å². The highest BCUT2D eigenvalue weighted by molar-refractivity contribution is 6.30. The van der Waals surface area contributed by atoms with Crippen molar-refractivity contribution < 1.29 is 4.79 Å². The van der Waals surface area contributed by atoms with Gasteiger partial charge >= 0.3 is 0 Å². The van der Waals surface area contributed by atoms with Crippen molar-refractivity contribution in [1.29, 1.82) is 0 Å². The van der Waals surface area contributed by atoms with Crippen LogP contribution in [0.2, 0.25) is 5.02 Å². The van der Waals surface area contributed by atoms with Gasteiger partial charge in [0, 0.05) is 11.9 Å². The summed E-state index contributed by atoms with van der Waals surface area (Å²) in [6.07, 6.45) is 3.39. The summed E-state index contributed by atoms with van der Waals surface area (Å²) in [6, 6.07) is 13.0. The molecule has 5 heteroatoms. The lowest BCUT2D eigenvalue weighted by atomic mass is 10.2. The van der Waals surface area contributed by atoms with Crippen molar-refractivity contribution in [3.8, 4) is 0 Å². The molecule has 0 aliphatic carbocycles. The Balaban J connectivity index is 2.05. The smallest absolute Gasteiger partial charge is 0.274 e. The first-order valence-electron chi connectivity index (χ1n) is 7.22. The van der Waals surface area contributed by atoms with Crippen LogP contribution >= 0.6 is 11.6 Å². The number of amides is 1. The third-order valence-electron chi connectivity index (χ3n) is 3.39. The SMILES string of the molecule is CCCc1nc2ccc(Cl)cn2c1C(=O)Nc1ccccc1. The van der Waals surface area contributed by atoms with Crippen LogP contribution in [0.5, 0.6) is 0 Å². The zero-order chi connectivity index (χ0) is 15.5. The number of aryl methyl sites for hydroxylation is 1. The predicted octanol–water partition coefficient (Wildman–Crippen LogP) is 4.19. The van der Waals surface area contributed by atoms with E-state index in [1.54, 1.807) is 16.7 Å². The fourth-order valence-electron chi connectivity index (χ4n) is 2.43. The first-order chi connectivity index (χ1) is 10.7. The molecule has 1 N–H and O–H groups in total. The number of carbonyl (C=O) groups excluding carboxylic acids is 1. The summed E-state index contributed by atoms with van der Waals surface area (Å²) < 4.78 is 1.76. The number of fused-ring (bicyclic) bond motifs is 1. The molecule has 2 heterocycles. The van der Waals surface area contributed by atoms with Gasteiger partial charge in [-0.2, -0.15) is 0 Å². The number of rotatable bonds is 4. The normalized spacial score (nSPS) is 10.8. The second-order valence-corrected chi connectivity index (χ2v) is 5.49. The van der Waals surface area contributed by atoms with Crippen LogP contribution in [0.15, 0.2) is 48.7 Å². The number of pyridine rings is 1. The Morgan fingerprint density at radius 1 is 1.23 bits per heavy atom. The van der Waals surface area contributed by atoms with E-state index < -0.39 is 0 Å². The van der Waals surface area contributed by atoms with Crippen molar-refractivity contribution in [2.75, 3.05) is 5.32 Å². The second kappa shape index (κ2) is 6.20. The molecule has 0 saturated carbocycles. The molecular weight excluding hydrogens is 298 g/mol. The molecule has 4 nitrogen and oxygen atoms in total. The van der Waals surface area contributed by atoms with Crippen molar-refractivity contribution in [2.24, 2.45) is 0 Å². The summed E-state index contributed by atoms with van der Waals surface area (Å²) >= 11 is 6.06. The molecule has 22 heavy (non-hydrogen) atoms. The van der Waals surface area contributed by atoms with Gasteiger partial charge in [-0.05, 0) is 30.7 Å². The second-order valence-electron chi connectivity index (χ2n) is 5.05. The number of imidazole rings is 1. The zero-order valence-electron chi connectivity index (χ0n) is 12.2. The summed E-state index contributed by atoms with van der Waals surface area (Å²) in [5.74, 6) is -0.176. The van der Waals surface area contributed by atoms with Crippen molar-refractivity contribution in [1.82, 2.24) is 9.38 Å². The van der Waals surface area contributed by atoms with Gasteiger partial charge < -0.3 is 5.32 Å². The molecule has 1 amide bonds. The van der Waals surface area contributed by atoms with Gasteiger partial charge in [0.05, 0.1) is 10.7 Å². The van der Waals surface area contributed by atoms with Crippen LogP contribution in [-0.2, 0) is 6.42 Å². The van der Waals surface area contributed by atoms with Crippen LogP contribution in [0, 0.1) is 0 Å². The van der Waals surface area contributed by atoms with Crippen LogP contribution in [0.1, 0.15) is 29.5 Å². The summed E-state index contributed by atoms with van der Waals surface area (Å²) in [7, 11) is 0.